The highest BCUT2D eigenvalue weighted by molar-refractivity contribution is 6.00. The number of nitrogens with two attached hydrogens (primary N) is 1. The molecule has 1 heterocycles. The standard InChI is InChI=1S/C14H17N5O/c1-3-19(11-6-4-5-10(2)9-11)14-12(13(15)18-20)16-7-8-17-14/h4-9,20H,3H2,1-2H3,(H2,15,18). The van der Waals surface area contributed by atoms with E-state index in [0.29, 0.717) is 18.1 Å². The molecule has 6 heteroatoms. The van der Waals surface area contributed by atoms with E-state index in [-0.39, 0.29) is 5.84 Å². The Morgan fingerprint density at radius 3 is 2.75 bits per heavy atom. The van der Waals surface area contributed by atoms with Crippen molar-refractivity contribution in [2.45, 2.75) is 13.8 Å². The summed E-state index contributed by atoms with van der Waals surface area (Å²) in [4.78, 5) is 10.4. The molecule has 2 aromatic rings. The van der Waals surface area contributed by atoms with E-state index in [9.17, 15) is 0 Å². The van der Waals surface area contributed by atoms with Gasteiger partial charge in [0.15, 0.2) is 17.3 Å². The van der Waals surface area contributed by atoms with Crippen LogP contribution in [0.4, 0.5) is 11.5 Å². The van der Waals surface area contributed by atoms with Crippen LogP contribution in [0, 0.1) is 6.92 Å². The molecular weight excluding hydrogens is 254 g/mol. The number of anilines is 2. The third-order valence-electron chi connectivity index (χ3n) is 2.91. The average Bonchev–Trinajstić information content (AvgIpc) is 2.48. The number of benzene rings is 1. The number of amidine groups is 1. The lowest BCUT2D eigenvalue weighted by atomic mass is 10.2. The highest BCUT2D eigenvalue weighted by atomic mass is 16.4. The van der Waals surface area contributed by atoms with E-state index in [4.69, 9.17) is 10.9 Å². The lowest BCUT2D eigenvalue weighted by Crippen LogP contribution is -2.24. The Bertz CT molecular complexity index is 626. The third kappa shape index (κ3) is 2.69. The lowest BCUT2D eigenvalue weighted by molar-refractivity contribution is 0.318. The van der Waals surface area contributed by atoms with E-state index in [1.54, 1.807) is 6.20 Å². The molecule has 20 heavy (non-hydrogen) atoms. The van der Waals surface area contributed by atoms with E-state index >= 15 is 0 Å². The molecule has 6 nitrogen and oxygen atoms in total. The van der Waals surface area contributed by atoms with Gasteiger partial charge in [0.25, 0.3) is 0 Å². The zero-order valence-electron chi connectivity index (χ0n) is 11.5. The second kappa shape index (κ2) is 6.01. The molecular formula is C14H17N5O. The molecule has 0 amide bonds. The van der Waals surface area contributed by atoms with Gasteiger partial charge < -0.3 is 15.8 Å². The first-order chi connectivity index (χ1) is 9.67. The molecule has 0 spiro atoms. The summed E-state index contributed by atoms with van der Waals surface area (Å²) in [5.74, 6) is 0.509. The van der Waals surface area contributed by atoms with Gasteiger partial charge in [-0.25, -0.2) is 9.97 Å². The van der Waals surface area contributed by atoms with Crippen LogP contribution in [-0.2, 0) is 0 Å². The van der Waals surface area contributed by atoms with Gasteiger partial charge in [-0.15, -0.1) is 0 Å². The second-order valence-electron chi connectivity index (χ2n) is 4.30. The van der Waals surface area contributed by atoms with Crippen LogP contribution < -0.4 is 10.6 Å². The summed E-state index contributed by atoms with van der Waals surface area (Å²) in [6, 6.07) is 8.04. The Morgan fingerprint density at radius 1 is 1.35 bits per heavy atom. The third-order valence-corrected chi connectivity index (χ3v) is 2.91. The smallest absolute Gasteiger partial charge is 0.192 e. The summed E-state index contributed by atoms with van der Waals surface area (Å²) in [5.41, 5.74) is 8.16. The minimum atomic E-state index is -0.0563. The van der Waals surface area contributed by atoms with Crippen LogP contribution in [0.1, 0.15) is 18.2 Å². The summed E-state index contributed by atoms with van der Waals surface area (Å²) < 4.78 is 0. The molecule has 3 N–H and O–H groups in total. The van der Waals surface area contributed by atoms with Crippen molar-refractivity contribution < 1.29 is 5.21 Å². The summed E-state index contributed by atoms with van der Waals surface area (Å²) in [6.07, 6.45) is 3.10. The Labute approximate surface area is 117 Å². The molecule has 0 saturated heterocycles. The van der Waals surface area contributed by atoms with Crippen LogP contribution in [-0.4, -0.2) is 27.6 Å². The molecule has 0 aliphatic heterocycles. The molecule has 0 aliphatic rings. The Hall–Kier alpha value is -2.63. The minimum Gasteiger partial charge on any atom is -0.409 e. The van der Waals surface area contributed by atoms with Crippen LogP contribution >= 0.6 is 0 Å². The highest BCUT2D eigenvalue weighted by Gasteiger charge is 2.17. The number of nitrogens with zero attached hydrogens (tertiary/aromatic N) is 4. The molecule has 104 valence electrons. The van der Waals surface area contributed by atoms with Crippen LogP contribution in [0.25, 0.3) is 0 Å². The van der Waals surface area contributed by atoms with Gasteiger partial charge in [0, 0.05) is 24.6 Å². The van der Waals surface area contributed by atoms with E-state index in [1.807, 2.05) is 43.0 Å². The topological polar surface area (TPSA) is 87.6 Å². The largest absolute Gasteiger partial charge is 0.409 e. The molecule has 0 atom stereocenters. The Kier molecular flexibility index (Phi) is 4.14. The molecule has 0 fully saturated rings. The maximum absolute atomic E-state index is 8.86. The van der Waals surface area contributed by atoms with E-state index in [2.05, 4.69) is 15.1 Å². The second-order valence-corrected chi connectivity index (χ2v) is 4.30. The van der Waals surface area contributed by atoms with Gasteiger partial charge in [0.2, 0.25) is 0 Å². The SMILES string of the molecule is CCN(c1cccc(C)c1)c1nccnc1C(N)=NO. The fourth-order valence-corrected chi connectivity index (χ4v) is 2.01. The maximum Gasteiger partial charge on any atom is 0.192 e. The Morgan fingerprint density at radius 2 is 2.10 bits per heavy atom. The van der Waals surface area contributed by atoms with Gasteiger partial charge in [-0.05, 0) is 31.5 Å². The molecule has 0 radical (unpaired) electrons. The van der Waals surface area contributed by atoms with Gasteiger partial charge in [-0.2, -0.15) is 0 Å². The van der Waals surface area contributed by atoms with Crippen LogP contribution in [0.2, 0.25) is 0 Å². The molecule has 0 aliphatic carbocycles. The van der Waals surface area contributed by atoms with Crippen molar-refractivity contribution in [2.75, 3.05) is 11.4 Å². The monoisotopic (exact) mass is 271 g/mol. The van der Waals surface area contributed by atoms with Gasteiger partial charge in [-0.3, -0.25) is 0 Å². The molecule has 0 unspecified atom stereocenters. The zero-order chi connectivity index (χ0) is 14.5. The van der Waals surface area contributed by atoms with Gasteiger partial charge in [0.1, 0.15) is 0 Å². The first-order valence-corrected chi connectivity index (χ1v) is 6.30. The molecule has 0 bridgehead atoms. The number of aromatic nitrogens is 2. The van der Waals surface area contributed by atoms with Crippen molar-refractivity contribution in [1.29, 1.82) is 0 Å². The van der Waals surface area contributed by atoms with Gasteiger partial charge in [0.05, 0.1) is 0 Å². The number of oxime groups is 1. The van der Waals surface area contributed by atoms with Gasteiger partial charge >= 0.3 is 0 Å². The quantitative estimate of drug-likeness (QED) is 0.384. The summed E-state index contributed by atoms with van der Waals surface area (Å²) in [6.45, 7) is 4.72. The van der Waals surface area contributed by atoms with Crippen molar-refractivity contribution in [3.63, 3.8) is 0 Å². The maximum atomic E-state index is 8.86. The fraction of sp³-hybridized carbons (Fsp3) is 0.214. The predicted molar refractivity (Wildman–Crippen MR) is 78.4 cm³/mol. The van der Waals surface area contributed by atoms with Crippen molar-refractivity contribution in [3.05, 3.63) is 47.9 Å². The summed E-state index contributed by atoms with van der Waals surface area (Å²) in [5, 5.41) is 11.9. The van der Waals surface area contributed by atoms with E-state index in [1.165, 1.54) is 6.20 Å². The van der Waals surface area contributed by atoms with E-state index < -0.39 is 0 Å². The first kappa shape index (κ1) is 13.8. The van der Waals surface area contributed by atoms with Crippen molar-refractivity contribution in [1.82, 2.24) is 9.97 Å². The number of hydrogen-bond donors (Lipinski definition) is 2. The van der Waals surface area contributed by atoms with Crippen LogP contribution in [0.15, 0.2) is 41.8 Å². The van der Waals surface area contributed by atoms with E-state index in [0.717, 1.165) is 11.3 Å². The van der Waals surface area contributed by atoms with Crippen molar-refractivity contribution in [3.8, 4) is 0 Å². The number of hydrogen-bond acceptors (Lipinski definition) is 5. The molecule has 1 aromatic heterocycles. The molecule has 1 aromatic carbocycles. The van der Waals surface area contributed by atoms with Crippen molar-refractivity contribution >= 4 is 17.3 Å². The highest BCUT2D eigenvalue weighted by Crippen LogP contribution is 2.25. The number of rotatable bonds is 4. The molecule has 0 saturated carbocycles. The number of aryl methyl sites for hydroxylation is 1. The first-order valence-electron chi connectivity index (χ1n) is 6.30. The summed E-state index contributed by atoms with van der Waals surface area (Å²) in [7, 11) is 0. The van der Waals surface area contributed by atoms with Crippen LogP contribution in [0.3, 0.4) is 0 Å². The normalized spacial score (nSPS) is 11.4. The predicted octanol–water partition coefficient (Wildman–Crippen LogP) is 2.04. The summed E-state index contributed by atoms with van der Waals surface area (Å²) >= 11 is 0. The molecule has 2 rings (SSSR count). The minimum absolute atomic E-state index is 0.0563. The fourth-order valence-electron chi connectivity index (χ4n) is 2.01. The van der Waals surface area contributed by atoms with Crippen molar-refractivity contribution in [2.24, 2.45) is 10.9 Å². The van der Waals surface area contributed by atoms with Crippen LogP contribution in [0.5, 0.6) is 0 Å². The Balaban J connectivity index is 2.53. The lowest BCUT2D eigenvalue weighted by Gasteiger charge is -2.23. The van der Waals surface area contributed by atoms with Gasteiger partial charge in [-0.1, -0.05) is 17.3 Å². The average molecular weight is 271 g/mol. The zero-order valence-corrected chi connectivity index (χ0v) is 11.5.